The lowest BCUT2D eigenvalue weighted by Crippen LogP contribution is -2.54. The van der Waals surface area contributed by atoms with E-state index in [4.69, 9.17) is 17.3 Å². The molecule has 3 N–H and O–H groups in total. The molecule has 0 bridgehead atoms. The summed E-state index contributed by atoms with van der Waals surface area (Å²) < 4.78 is 0. The van der Waals surface area contributed by atoms with Gasteiger partial charge in [0.1, 0.15) is 12.1 Å². The first-order valence-corrected chi connectivity index (χ1v) is 10.4. The molecule has 1 aliphatic heterocycles. The predicted octanol–water partition coefficient (Wildman–Crippen LogP) is 1.89. The summed E-state index contributed by atoms with van der Waals surface area (Å²) in [5.41, 5.74) is 8.97. The number of rotatable bonds is 4. The minimum Gasteiger partial charge on any atom is -0.387 e. The molecule has 4 rings (SSSR count). The normalized spacial score (nSPS) is 22.5. The first-order valence-electron chi connectivity index (χ1n) is 10.0. The molecule has 1 fully saturated rings. The van der Waals surface area contributed by atoms with E-state index in [1.165, 1.54) is 6.33 Å². The lowest BCUT2D eigenvalue weighted by molar-refractivity contribution is -0.132. The van der Waals surface area contributed by atoms with Crippen molar-refractivity contribution in [3.05, 3.63) is 52.4 Å². The number of nitrogens with two attached hydrogens (primary N) is 1. The fourth-order valence-corrected chi connectivity index (χ4v) is 4.42. The summed E-state index contributed by atoms with van der Waals surface area (Å²) in [4.78, 5) is 25.6. The molecule has 1 saturated heterocycles. The number of aliphatic hydroxyl groups is 1. The van der Waals surface area contributed by atoms with Crippen molar-refractivity contribution < 1.29 is 9.90 Å². The smallest absolute Gasteiger partial charge is 0.239 e. The Morgan fingerprint density at radius 1 is 1.24 bits per heavy atom. The summed E-state index contributed by atoms with van der Waals surface area (Å²) in [5, 5.41) is 10.9. The average molecular weight is 416 g/mol. The van der Waals surface area contributed by atoms with E-state index in [0.29, 0.717) is 44.0 Å². The molecule has 29 heavy (non-hydrogen) atoms. The van der Waals surface area contributed by atoms with Crippen LogP contribution < -0.4 is 10.6 Å². The van der Waals surface area contributed by atoms with Crippen molar-refractivity contribution in [3.8, 4) is 0 Å². The van der Waals surface area contributed by atoms with Crippen LogP contribution in [0.3, 0.4) is 0 Å². The highest BCUT2D eigenvalue weighted by atomic mass is 35.5. The fraction of sp³-hybridized carbons (Fsp3) is 0.476. The number of carbonyl (C=O) groups excluding carboxylic acids is 1. The number of nitrogens with zero attached hydrogens (tertiary/aromatic N) is 4. The van der Waals surface area contributed by atoms with Gasteiger partial charge in [-0.15, -0.1) is 0 Å². The zero-order chi connectivity index (χ0) is 20.5. The molecule has 0 radical (unpaired) electrons. The Labute approximate surface area is 175 Å². The van der Waals surface area contributed by atoms with Crippen molar-refractivity contribution in [1.29, 1.82) is 0 Å². The summed E-state index contributed by atoms with van der Waals surface area (Å²) in [5.74, 6) is 1.08. The number of piperazine rings is 1. The van der Waals surface area contributed by atoms with Gasteiger partial charge in [0.15, 0.2) is 0 Å². The maximum absolute atomic E-state index is 12.8. The molecule has 1 aromatic heterocycles. The van der Waals surface area contributed by atoms with E-state index < -0.39 is 12.1 Å². The van der Waals surface area contributed by atoms with Gasteiger partial charge in [-0.25, -0.2) is 9.97 Å². The highest BCUT2D eigenvalue weighted by Gasteiger charge is 2.34. The summed E-state index contributed by atoms with van der Waals surface area (Å²) >= 11 is 5.91. The Morgan fingerprint density at radius 2 is 1.93 bits per heavy atom. The Kier molecular flexibility index (Phi) is 5.72. The van der Waals surface area contributed by atoms with Gasteiger partial charge in [0.05, 0.1) is 17.8 Å². The number of carbonyl (C=O) groups is 1. The predicted molar refractivity (Wildman–Crippen MR) is 112 cm³/mol. The maximum atomic E-state index is 12.8. The van der Waals surface area contributed by atoms with E-state index in [1.807, 2.05) is 29.2 Å². The van der Waals surface area contributed by atoms with Gasteiger partial charge in [0, 0.05) is 36.8 Å². The van der Waals surface area contributed by atoms with Crippen LogP contribution in [-0.4, -0.2) is 58.1 Å². The van der Waals surface area contributed by atoms with Gasteiger partial charge >= 0.3 is 0 Å². The lowest BCUT2D eigenvalue weighted by atomic mass is 10.0. The Hall–Kier alpha value is -2.22. The van der Waals surface area contributed by atoms with Gasteiger partial charge in [-0.05, 0) is 36.5 Å². The third kappa shape index (κ3) is 4.08. The number of aliphatic hydroxyl groups excluding tert-OH is 1. The van der Waals surface area contributed by atoms with E-state index in [0.717, 1.165) is 22.6 Å². The quantitative estimate of drug-likeness (QED) is 0.791. The first-order chi connectivity index (χ1) is 13.9. The molecule has 3 atom stereocenters. The second-order valence-electron chi connectivity index (χ2n) is 7.90. The largest absolute Gasteiger partial charge is 0.387 e. The molecule has 8 heteroatoms. The van der Waals surface area contributed by atoms with E-state index in [2.05, 4.69) is 21.8 Å². The zero-order valence-corrected chi connectivity index (χ0v) is 17.2. The monoisotopic (exact) mass is 415 g/mol. The van der Waals surface area contributed by atoms with Crippen LogP contribution in [0.5, 0.6) is 0 Å². The average Bonchev–Trinajstić information content (AvgIpc) is 3.03. The minimum atomic E-state index is -0.568. The molecular formula is C21H26ClN5O2. The van der Waals surface area contributed by atoms with Gasteiger partial charge in [-0.2, -0.15) is 0 Å². The maximum Gasteiger partial charge on any atom is 0.239 e. The topological polar surface area (TPSA) is 95.6 Å². The molecule has 1 aromatic carbocycles. The molecule has 2 heterocycles. The van der Waals surface area contributed by atoms with Crippen molar-refractivity contribution in [1.82, 2.24) is 14.9 Å². The van der Waals surface area contributed by atoms with Crippen molar-refractivity contribution >= 4 is 23.3 Å². The Morgan fingerprint density at radius 3 is 2.62 bits per heavy atom. The van der Waals surface area contributed by atoms with Gasteiger partial charge in [-0.1, -0.05) is 30.7 Å². The van der Waals surface area contributed by atoms with Gasteiger partial charge in [-0.3, -0.25) is 4.79 Å². The first kappa shape index (κ1) is 20.1. The van der Waals surface area contributed by atoms with Crippen molar-refractivity contribution in [3.63, 3.8) is 0 Å². The van der Waals surface area contributed by atoms with E-state index in [1.54, 1.807) is 0 Å². The Bertz CT molecular complexity index is 883. The molecule has 1 amide bonds. The van der Waals surface area contributed by atoms with Crippen LogP contribution in [0.4, 0.5) is 5.82 Å². The van der Waals surface area contributed by atoms with Crippen molar-refractivity contribution in [2.24, 2.45) is 5.73 Å². The summed E-state index contributed by atoms with van der Waals surface area (Å²) in [6.45, 7) is 4.67. The molecule has 0 spiro atoms. The molecule has 1 aliphatic carbocycles. The van der Waals surface area contributed by atoms with Crippen molar-refractivity contribution in [2.75, 3.05) is 31.1 Å². The number of anilines is 1. The number of benzene rings is 1. The molecule has 7 nitrogen and oxygen atoms in total. The third-order valence-corrected chi connectivity index (χ3v) is 6.11. The number of hydrogen-bond donors (Lipinski definition) is 2. The molecule has 1 unspecified atom stereocenters. The molecule has 2 aliphatic rings. The molecular weight excluding hydrogens is 390 g/mol. The van der Waals surface area contributed by atoms with Gasteiger partial charge in [0.2, 0.25) is 5.91 Å². The highest BCUT2D eigenvalue weighted by molar-refractivity contribution is 6.30. The number of amides is 1. The summed E-state index contributed by atoms with van der Waals surface area (Å²) in [6, 6.07) is 6.86. The van der Waals surface area contributed by atoms with Crippen LogP contribution in [0.25, 0.3) is 0 Å². The van der Waals surface area contributed by atoms with Crippen LogP contribution in [0.15, 0.2) is 30.6 Å². The lowest BCUT2D eigenvalue weighted by Gasteiger charge is -2.37. The SMILES string of the molecule is C[C@@H]1C[C@H](O)c2ncnc(N3CCN(C(=O)C(N)Cc4ccc(Cl)cc4)CC3)c21. The van der Waals surface area contributed by atoms with Crippen LogP contribution >= 0.6 is 11.6 Å². The summed E-state index contributed by atoms with van der Waals surface area (Å²) in [7, 11) is 0. The highest BCUT2D eigenvalue weighted by Crippen LogP contribution is 2.42. The minimum absolute atomic E-state index is 0.0312. The van der Waals surface area contributed by atoms with E-state index in [9.17, 15) is 9.90 Å². The van der Waals surface area contributed by atoms with Crippen LogP contribution in [-0.2, 0) is 11.2 Å². The second kappa shape index (κ2) is 8.26. The van der Waals surface area contributed by atoms with Gasteiger partial charge < -0.3 is 20.6 Å². The molecule has 0 saturated carbocycles. The second-order valence-corrected chi connectivity index (χ2v) is 8.33. The van der Waals surface area contributed by atoms with Gasteiger partial charge in [0.25, 0.3) is 0 Å². The third-order valence-electron chi connectivity index (χ3n) is 5.86. The van der Waals surface area contributed by atoms with E-state index in [-0.39, 0.29) is 11.8 Å². The van der Waals surface area contributed by atoms with Crippen LogP contribution in [0.1, 0.15) is 42.2 Å². The Balaban J connectivity index is 1.38. The number of hydrogen-bond acceptors (Lipinski definition) is 6. The standard InChI is InChI=1S/C21H26ClN5O2/c1-13-10-17(28)19-18(13)20(25-12-24-19)26-6-8-27(9-7-26)21(29)16(23)11-14-2-4-15(22)5-3-14/h2-5,12-13,16-17,28H,6-11,23H2,1H3/t13-,16?,17+/m1/s1. The zero-order valence-electron chi connectivity index (χ0n) is 16.5. The molecule has 2 aromatic rings. The number of halogens is 1. The number of aromatic nitrogens is 2. The van der Waals surface area contributed by atoms with Crippen molar-refractivity contribution in [2.45, 2.75) is 37.8 Å². The van der Waals surface area contributed by atoms with Crippen LogP contribution in [0, 0.1) is 0 Å². The fourth-order valence-electron chi connectivity index (χ4n) is 4.29. The molecule has 154 valence electrons. The summed E-state index contributed by atoms with van der Waals surface area (Å²) in [6.07, 6.45) is 2.18. The van der Waals surface area contributed by atoms with Crippen LogP contribution in [0.2, 0.25) is 5.02 Å². The number of fused-ring (bicyclic) bond motifs is 1. The van der Waals surface area contributed by atoms with E-state index >= 15 is 0 Å².